The molecular weight excluding hydrogens is 174 g/mol. The number of piperidine rings is 1. The Kier molecular flexibility index (Phi) is 2.57. The molecule has 76 valence electrons. The first-order chi connectivity index (χ1) is 6.77. The summed E-state index contributed by atoms with van der Waals surface area (Å²) in [7, 11) is 0. The fourth-order valence-electron chi connectivity index (χ4n) is 1.91. The van der Waals surface area contributed by atoms with Crippen LogP contribution in [0.2, 0.25) is 0 Å². The fourth-order valence-corrected chi connectivity index (χ4v) is 1.91. The van der Waals surface area contributed by atoms with Crippen LogP contribution in [0.1, 0.15) is 25.0 Å². The maximum Gasteiger partial charge on any atom is 0.152 e. The van der Waals surface area contributed by atoms with E-state index in [0.29, 0.717) is 0 Å². The summed E-state index contributed by atoms with van der Waals surface area (Å²) in [5.41, 5.74) is 7.76. The van der Waals surface area contributed by atoms with Crippen molar-refractivity contribution in [3.63, 3.8) is 0 Å². The Morgan fingerprint density at radius 1 is 1.21 bits per heavy atom. The van der Waals surface area contributed by atoms with Crippen LogP contribution in [0.3, 0.4) is 0 Å². The molecule has 0 bridgehead atoms. The SMILES string of the molecule is Cc1ccc(N)c(N2CCCCC2)n1. The summed E-state index contributed by atoms with van der Waals surface area (Å²) in [5.74, 6) is 0.977. The predicted molar refractivity (Wildman–Crippen MR) is 59.5 cm³/mol. The minimum absolute atomic E-state index is 0.803. The average Bonchev–Trinajstić information content (AvgIpc) is 2.23. The van der Waals surface area contributed by atoms with Gasteiger partial charge in [-0.3, -0.25) is 0 Å². The van der Waals surface area contributed by atoms with Crippen LogP contribution in [-0.2, 0) is 0 Å². The van der Waals surface area contributed by atoms with Crippen molar-refractivity contribution >= 4 is 11.5 Å². The van der Waals surface area contributed by atoms with E-state index in [1.54, 1.807) is 0 Å². The van der Waals surface area contributed by atoms with Crippen molar-refractivity contribution in [1.82, 2.24) is 4.98 Å². The van der Waals surface area contributed by atoms with E-state index in [1.165, 1.54) is 19.3 Å². The first kappa shape index (κ1) is 9.31. The van der Waals surface area contributed by atoms with Crippen LogP contribution >= 0.6 is 0 Å². The lowest BCUT2D eigenvalue weighted by molar-refractivity contribution is 0.573. The monoisotopic (exact) mass is 191 g/mol. The number of hydrogen-bond acceptors (Lipinski definition) is 3. The van der Waals surface area contributed by atoms with E-state index < -0.39 is 0 Å². The third-order valence-corrected chi connectivity index (χ3v) is 2.70. The van der Waals surface area contributed by atoms with Gasteiger partial charge < -0.3 is 10.6 Å². The average molecular weight is 191 g/mol. The first-order valence-electron chi connectivity index (χ1n) is 5.25. The minimum Gasteiger partial charge on any atom is -0.396 e. The van der Waals surface area contributed by atoms with Gasteiger partial charge in [0.2, 0.25) is 0 Å². The Hall–Kier alpha value is -1.25. The molecule has 0 aliphatic carbocycles. The lowest BCUT2D eigenvalue weighted by Crippen LogP contribution is -2.30. The standard InChI is InChI=1S/C11H17N3/c1-9-5-6-10(12)11(13-9)14-7-3-2-4-8-14/h5-6H,2-4,7-8,12H2,1H3. The number of hydrogen-bond donors (Lipinski definition) is 1. The predicted octanol–water partition coefficient (Wildman–Crippen LogP) is 1.96. The topological polar surface area (TPSA) is 42.1 Å². The molecule has 0 amide bonds. The molecule has 1 aromatic heterocycles. The number of nitrogens with two attached hydrogens (primary N) is 1. The number of pyridine rings is 1. The van der Waals surface area contributed by atoms with E-state index in [2.05, 4.69) is 9.88 Å². The number of rotatable bonds is 1. The third kappa shape index (κ3) is 1.81. The molecule has 3 heteroatoms. The number of nitrogens with zero attached hydrogens (tertiary/aromatic N) is 2. The highest BCUT2D eigenvalue weighted by Crippen LogP contribution is 2.23. The molecule has 0 atom stereocenters. The molecule has 0 aromatic carbocycles. The van der Waals surface area contributed by atoms with E-state index in [9.17, 15) is 0 Å². The highest BCUT2D eigenvalue weighted by molar-refractivity contribution is 5.62. The van der Waals surface area contributed by atoms with E-state index in [1.807, 2.05) is 19.1 Å². The van der Waals surface area contributed by atoms with Gasteiger partial charge >= 0.3 is 0 Å². The van der Waals surface area contributed by atoms with Crippen molar-refractivity contribution in [2.24, 2.45) is 0 Å². The van der Waals surface area contributed by atoms with Crippen molar-refractivity contribution in [2.45, 2.75) is 26.2 Å². The lowest BCUT2D eigenvalue weighted by Gasteiger charge is -2.28. The Morgan fingerprint density at radius 2 is 1.93 bits per heavy atom. The van der Waals surface area contributed by atoms with E-state index in [4.69, 9.17) is 5.73 Å². The van der Waals surface area contributed by atoms with Crippen LogP contribution in [0.25, 0.3) is 0 Å². The van der Waals surface area contributed by atoms with Crippen LogP contribution in [0.15, 0.2) is 12.1 Å². The van der Waals surface area contributed by atoms with Gasteiger partial charge in [0.15, 0.2) is 5.82 Å². The molecule has 1 aliphatic rings. The second-order valence-corrected chi connectivity index (χ2v) is 3.91. The molecule has 2 N–H and O–H groups in total. The van der Waals surface area contributed by atoms with Gasteiger partial charge in [-0.1, -0.05) is 0 Å². The summed E-state index contributed by atoms with van der Waals surface area (Å²) in [6.45, 7) is 4.20. The number of nitrogen functional groups attached to an aromatic ring is 1. The van der Waals surface area contributed by atoms with Crippen molar-refractivity contribution in [3.05, 3.63) is 17.8 Å². The van der Waals surface area contributed by atoms with Crippen LogP contribution in [0.4, 0.5) is 11.5 Å². The maximum atomic E-state index is 5.92. The molecule has 0 saturated carbocycles. The van der Waals surface area contributed by atoms with Gasteiger partial charge in [-0.2, -0.15) is 0 Å². The van der Waals surface area contributed by atoms with Gasteiger partial charge in [0.05, 0.1) is 5.69 Å². The lowest BCUT2D eigenvalue weighted by atomic mass is 10.1. The van der Waals surface area contributed by atoms with Gasteiger partial charge in [0.1, 0.15) is 0 Å². The molecule has 1 saturated heterocycles. The Bertz CT molecular complexity index is 316. The summed E-state index contributed by atoms with van der Waals surface area (Å²) in [6.07, 6.45) is 3.85. The third-order valence-electron chi connectivity index (χ3n) is 2.70. The first-order valence-corrected chi connectivity index (χ1v) is 5.25. The summed E-state index contributed by atoms with van der Waals surface area (Å²) in [6, 6.07) is 3.91. The summed E-state index contributed by atoms with van der Waals surface area (Å²) in [4.78, 5) is 6.79. The summed E-state index contributed by atoms with van der Waals surface area (Å²) >= 11 is 0. The van der Waals surface area contributed by atoms with E-state index in [-0.39, 0.29) is 0 Å². The molecule has 14 heavy (non-hydrogen) atoms. The van der Waals surface area contributed by atoms with Crippen molar-refractivity contribution in [3.8, 4) is 0 Å². The highest BCUT2D eigenvalue weighted by Gasteiger charge is 2.14. The van der Waals surface area contributed by atoms with Crippen molar-refractivity contribution in [1.29, 1.82) is 0 Å². The molecule has 0 spiro atoms. The van der Waals surface area contributed by atoms with Gasteiger partial charge in [-0.05, 0) is 38.3 Å². The zero-order chi connectivity index (χ0) is 9.97. The molecule has 3 nitrogen and oxygen atoms in total. The zero-order valence-corrected chi connectivity index (χ0v) is 8.66. The second kappa shape index (κ2) is 3.86. The number of aromatic nitrogens is 1. The fraction of sp³-hybridized carbons (Fsp3) is 0.545. The van der Waals surface area contributed by atoms with Gasteiger partial charge in [-0.15, -0.1) is 0 Å². The van der Waals surface area contributed by atoms with Crippen LogP contribution in [-0.4, -0.2) is 18.1 Å². The summed E-state index contributed by atoms with van der Waals surface area (Å²) < 4.78 is 0. The summed E-state index contributed by atoms with van der Waals surface area (Å²) in [5, 5.41) is 0. The van der Waals surface area contributed by atoms with Gasteiger partial charge in [0.25, 0.3) is 0 Å². The van der Waals surface area contributed by atoms with E-state index in [0.717, 1.165) is 30.3 Å². The van der Waals surface area contributed by atoms with E-state index >= 15 is 0 Å². The Morgan fingerprint density at radius 3 is 2.64 bits per heavy atom. The largest absolute Gasteiger partial charge is 0.396 e. The van der Waals surface area contributed by atoms with Gasteiger partial charge in [0, 0.05) is 18.8 Å². The number of aryl methyl sites for hydroxylation is 1. The molecule has 0 unspecified atom stereocenters. The second-order valence-electron chi connectivity index (χ2n) is 3.91. The molecule has 2 rings (SSSR count). The Balaban J connectivity index is 2.24. The quantitative estimate of drug-likeness (QED) is 0.738. The molecule has 2 heterocycles. The zero-order valence-electron chi connectivity index (χ0n) is 8.66. The normalized spacial score (nSPS) is 17.1. The molecular formula is C11H17N3. The Labute approximate surface area is 84.9 Å². The van der Waals surface area contributed by atoms with Crippen molar-refractivity contribution < 1.29 is 0 Å². The van der Waals surface area contributed by atoms with Crippen LogP contribution in [0, 0.1) is 6.92 Å². The highest BCUT2D eigenvalue weighted by atomic mass is 15.2. The van der Waals surface area contributed by atoms with Crippen molar-refractivity contribution in [2.75, 3.05) is 23.7 Å². The number of anilines is 2. The molecule has 0 radical (unpaired) electrons. The van der Waals surface area contributed by atoms with Crippen LogP contribution in [0.5, 0.6) is 0 Å². The molecule has 1 fully saturated rings. The minimum atomic E-state index is 0.803. The van der Waals surface area contributed by atoms with Crippen LogP contribution < -0.4 is 10.6 Å². The smallest absolute Gasteiger partial charge is 0.152 e. The molecule has 1 aromatic rings. The van der Waals surface area contributed by atoms with Gasteiger partial charge in [-0.25, -0.2) is 4.98 Å². The molecule has 1 aliphatic heterocycles. The maximum absolute atomic E-state index is 5.92.